The summed E-state index contributed by atoms with van der Waals surface area (Å²) in [6.07, 6.45) is 0. The van der Waals surface area contributed by atoms with E-state index in [1.807, 2.05) is 35.8 Å². The van der Waals surface area contributed by atoms with Crippen molar-refractivity contribution in [3.8, 4) is 11.8 Å². The molecule has 0 aliphatic carbocycles. The number of aromatic nitrogens is 3. The molecular weight excluding hydrogens is 348 g/mol. The minimum atomic E-state index is -0.141. The lowest BCUT2D eigenvalue weighted by Crippen LogP contribution is -2.19. The second-order valence-corrected chi connectivity index (χ2v) is 7.48. The molecule has 0 aliphatic heterocycles. The van der Waals surface area contributed by atoms with Crippen LogP contribution >= 0.6 is 35.3 Å². The molecule has 3 aromatic rings. The van der Waals surface area contributed by atoms with Gasteiger partial charge in [-0.25, -0.2) is 4.98 Å². The third-order valence-corrected chi connectivity index (χ3v) is 5.58. The van der Waals surface area contributed by atoms with Crippen molar-refractivity contribution in [2.24, 2.45) is 7.05 Å². The quantitative estimate of drug-likeness (QED) is 0.407. The van der Waals surface area contributed by atoms with Gasteiger partial charge in [0.2, 0.25) is 0 Å². The zero-order chi connectivity index (χ0) is 16.6. The minimum Gasteiger partial charge on any atom is -0.289 e. The van der Waals surface area contributed by atoms with Crippen LogP contribution in [-0.2, 0) is 7.05 Å². The smallest absolute Gasteiger partial charge is 0.273 e. The highest BCUT2D eigenvalue weighted by Crippen LogP contribution is 2.25. The van der Waals surface area contributed by atoms with Crippen molar-refractivity contribution in [3.63, 3.8) is 0 Å². The number of hydrogen-bond acceptors (Lipinski definition) is 6. The number of nitrogens with zero attached hydrogens (tertiary/aromatic N) is 4. The first-order valence-electron chi connectivity index (χ1n) is 6.72. The number of thiazole rings is 1. The van der Waals surface area contributed by atoms with Crippen molar-refractivity contribution in [1.82, 2.24) is 14.1 Å². The minimum absolute atomic E-state index is 0.141. The average Bonchev–Trinajstić information content (AvgIpc) is 2.87. The van der Waals surface area contributed by atoms with E-state index in [1.54, 1.807) is 7.05 Å². The Balaban J connectivity index is 2.31. The molecule has 0 radical (unpaired) electrons. The molecule has 0 bridgehead atoms. The largest absolute Gasteiger partial charge is 0.289 e. The third kappa shape index (κ3) is 2.83. The van der Waals surface area contributed by atoms with Gasteiger partial charge in [0.1, 0.15) is 4.70 Å². The van der Waals surface area contributed by atoms with Crippen LogP contribution in [0.2, 0.25) is 0 Å². The number of aryl methyl sites for hydroxylation is 1. The Labute approximate surface area is 145 Å². The molecule has 0 amide bonds. The molecule has 8 heteroatoms. The molecule has 23 heavy (non-hydrogen) atoms. The van der Waals surface area contributed by atoms with Gasteiger partial charge in [0.25, 0.3) is 5.56 Å². The van der Waals surface area contributed by atoms with Gasteiger partial charge in [0, 0.05) is 12.7 Å². The molecule has 5 nitrogen and oxygen atoms in total. The molecule has 2 heterocycles. The molecule has 0 unspecified atom stereocenters. The lowest BCUT2D eigenvalue weighted by Gasteiger charge is -2.08. The molecule has 1 aromatic carbocycles. The van der Waals surface area contributed by atoms with Crippen molar-refractivity contribution in [2.45, 2.75) is 12.1 Å². The van der Waals surface area contributed by atoms with Crippen LogP contribution in [0.5, 0.6) is 0 Å². The van der Waals surface area contributed by atoms with Crippen LogP contribution in [0.25, 0.3) is 16.0 Å². The van der Waals surface area contributed by atoms with Gasteiger partial charge in [-0.2, -0.15) is 5.26 Å². The van der Waals surface area contributed by atoms with Gasteiger partial charge < -0.3 is 0 Å². The van der Waals surface area contributed by atoms with E-state index in [2.05, 4.69) is 11.1 Å². The maximum Gasteiger partial charge on any atom is 0.273 e. The molecule has 0 aliphatic rings. The van der Waals surface area contributed by atoms with Gasteiger partial charge in [-0.15, -0.1) is 0 Å². The number of hydrogen-bond donors (Lipinski definition) is 0. The van der Waals surface area contributed by atoms with Gasteiger partial charge in [-0.1, -0.05) is 40.8 Å². The van der Waals surface area contributed by atoms with Crippen molar-refractivity contribution in [1.29, 1.82) is 5.26 Å². The summed E-state index contributed by atoms with van der Waals surface area (Å²) in [6.45, 7) is 2.01. The topological polar surface area (TPSA) is 63.6 Å². The normalized spacial score (nSPS) is 10.8. The summed E-state index contributed by atoms with van der Waals surface area (Å²) in [5.74, 6) is 0.237. The van der Waals surface area contributed by atoms with Crippen LogP contribution in [0.4, 0.5) is 0 Å². The fourth-order valence-corrected chi connectivity index (χ4v) is 4.13. The first-order chi connectivity index (χ1) is 11.0. The molecule has 3 rings (SSSR count). The van der Waals surface area contributed by atoms with E-state index < -0.39 is 0 Å². The zero-order valence-electron chi connectivity index (χ0n) is 12.4. The highest BCUT2D eigenvalue weighted by molar-refractivity contribution is 7.99. The molecule has 0 spiro atoms. The van der Waals surface area contributed by atoms with Gasteiger partial charge in [0.05, 0.1) is 11.8 Å². The highest BCUT2D eigenvalue weighted by Gasteiger charge is 2.16. The van der Waals surface area contributed by atoms with E-state index in [9.17, 15) is 4.79 Å². The van der Waals surface area contributed by atoms with Gasteiger partial charge in [-0.3, -0.25) is 13.9 Å². The summed E-state index contributed by atoms with van der Waals surface area (Å²) >= 11 is 7.93. The standard InChI is InChI=1S/C15H12N4OS3/c1-9-3-5-10(6-4-9)19-12-11(23-15(19)21)13(20)18(2)14(17-12)22-8-7-16/h3-6H,8H2,1-2H3. The molecule has 0 saturated carbocycles. The van der Waals surface area contributed by atoms with Crippen molar-refractivity contribution in [3.05, 3.63) is 44.1 Å². The Morgan fingerprint density at radius 2 is 2.09 bits per heavy atom. The van der Waals surface area contributed by atoms with E-state index in [1.165, 1.54) is 27.7 Å². The fourth-order valence-electron chi connectivity index (χ4n) is 2.16. The summed E-state index contributed by atoms with van der Waals surface area (Å²) in [4.78, 5) is 17.1. The van der Waals surface area contributed by atoms with Gasteiger partial charge in [-0.05, 0) is 31.3 Å². The zero-order valence-corrected chi connectivity index (χ0v) is 14.9. The Bertz CT molecular complexity index is 1040. The monoisotopic (exact) mass is 360 g/mol. The number of rotatable bonds is 3. The lowest BCUT2D eigenvalue weighted by molar-refractivity contribution is 0.723. The van der Waals surface area contributed by atoms with Crippen LogP contribution in [0.3, 0.4) is 0 Å². The molecule has 2 aromatic heterocycles. The molecule has 0 N–H and O–H groups in total. The second kappa shape index (κ2) is 6.28. The maximum atomic E-state index is 12.5. The second-order valence-electron chi connectivity index (χ2n) is 4.90. The first kappa shape index (κ1) is 15.9. The number of thioether (sulfide) groups is 1. The summed E-state index contributed by atoms with van der Waals surface area (Å²) in [5.41, 5.74) is 2.43. The van der Waals surface area contributed by atoms with E-state index in [0.29, 0.717) is 19.5 Å². The molecule has 0 saturated heterocycles. The van der Waals surface area contributed by atoms with Crippen LogP contribution in [0.15, 0.2) is 34.2 Å². The predicted molar refractivity (Wildman–Crippen MR) is 96.1 cm³/mol. The summed E-state index contributed by atoms with van der Waals surface area (Å²) in [6, 6.07) is 9.95. The Kier molecular flexibility index (Phi) is 4.35. The van der Waals surface area contributed by atoms with Crippen LogP contribution in [0, 0.1) is 22.2 Å². The van der Waals surface area contributed by atoms with Crippen LogP contribution in [-0.4, -0.2) is 19.9 Å². The molecular formula is C15H12N4OS3. The first-order valence-corrected chi connectivity index (χ1v) is 8.93. The molecule has 116 valence electrons. The Morgan fingerprint density at radius 1 is 1.39 bits per heavy atom. The van der Waals surface area contributed by atoms with E-state index >= 15 is 0 Å². The summed E-state index contributed by atoms with van der Waals surface area (Å²) < 4.78 is 4.39. The van der Waals surface area contributed by atoms with Gasteiger partial charge in [0.15, 0.2) is 14.8 Å². The SMILES string of the molecule is Cc1ccc(-n2c(=S)sc3c(=O)n(C)c(SCC#N)nc32)cc1. The van der Waals surface area contributed by atoms with E-state index in [0.717, 1.165) is 11.3 Å². The highest BCUT2D eigenvalue weighted by atomic mass is 32.2. The van der Waals surface area contributed by atoms with Crippen molar-refractivity contribution < 1.29 is 0 Å². The summed E-state index contributed by atoms with van der Waals surface area (Å²) in [5, 5.41) is 9.27. The maximum absolute atomic E-state index is 12.5. The summed E-state index contributed by atoms with van der Waals surface area (Å²) in [7, 11) is 1.66. The average molecular weight is 360 g/mol. The predicted octanol–water partition coefficient (Wildman–Crippen LogP) is 3.44. The lowest BCUT2D eigenvalue weighted by atomic mass is 10.2. The Morgan fingerprint density at radius 3 is 2.74 bits per heavy atom. The van der Waals surface area contributed by atoms with E-state index in [-0.39, 0.29) is 11.3 Å². The van der Waals surface area contributed by atoms with Gasteiger partial charge >= 0.3 is 0 Å². The number of benzene rings is 1. The third-order valence-electron chi connectivity index (χ3n) is 3.33. The van der Waals surface area contributed by atoms with Crippen molar-refractivity contribution >= 4 is 45.7 Å². The van der Waals surface area contributed by atoms with Crippen molar-refractivity contribution in [2.75, 3.05) is 5.75 Å². The van der Waals surface area contributed by atoms with E-state index in [4.69, 9.17) is 17.5 Å². The Hall–Kier alpha value is -1.95. The van der Waals surface area contributed by atoms with Crippen LogP contribution < -0.4 is 5.56 Å². The molecule has 0 fully saturated rings. The van der Waals surface area contributed by atoms with Crippen LogP contribution in [0.1, 0.15) is 5.56 Å². The molecule has 0 atom stereocenters. The number of fused-ring (bicyclic) bond motifs is 1. The number of nitriles is 1. The fraction of sp³-hybridized carbons (Fsp3) is 0.200.